The van der Waals surface area contributed by atoms with Crippen LogP contribution in [0.1, 0.15) is 44.2 Å². The van der Waals surface area contributed by atoms with Crippen molar-refractivity contribution >= 4 is 5.69 Å². The van der Waals surface area contributed by atoms with Crippen molar-refractivity contribution in [3.8, 4) is 0 Å². The number of likely N-dealkylation sites (tertiary alicyclic amines) is 1. The van der Waals surface area contributed by atoms with Gasteiger partial charge < -0.3 is 5.73 Å². The maximum absolute atomic E-state index is 6.05. The standard InChI is InChI=1S/C18H26N2/c1-12-17-9-14-5-6-15(19)10-16(14)18(12,2)7-8-20(17)11-13-3-4-13/h5-6,10,12-13,17H,3-4,7-9,11,19H2,1-2H3/t12-,17+,18-/m1/s1. The van der Waals surface area contributed by atoms with E-state index < -0.39 is 0 Å². The molecule has 0 unspecified atom stereocenters. The van der Waals surface area contributed by atoms with E-state index in [-0.39, 0.29) is 0 Å². The van der Waals surface area contributed by atoms with Crippen LogP contribution in [0.4, 0.5) is 5.69 Å². The lowest BCUT2D eigenvalue weighted by Crippen LogP contribution is -2.58. The zero-order valence-corrected chi connectivity index (χ0v) is 12.7. The number of rotatable bonds is 2. The lowest BCUT2D eigenvalue weighted by Gasteiger charge is -2.54. The van der Waals surface area contributed by atoms with Crippen molar-refractivity contribution in [2.24, 2.45) is 11.8 Å². The molecule has 2 nitrogen and oxygen atoms in total. The predicted molar refractivity (Wildman–Crippen MR) is 83.8 cm³/mol. The van der Waals surface area contributed by atoms with Gasteiger partial charge in [-0.15, -0.1) is 0 Å². The molecular weight excluding hydrogens is 244 g/mol. The quantitative estimate of drug-likeness (QED) is 0.836. The van der Waals surface area contributed by atoms with Crippen LogP contribution in [-0.4, -0.2) is 24.0 Å². The van der Waals surface area contributed by atoms with Crippen molar-refractivity contribution in [1.82, 2.24) is 4.90 Å². The molecule has 0 spiro atoms. The summed E-state index contributed by atoms with van der Waals surface area (Å²) >= 11 is 0. The summed E-state index contributed by atoms with van der Waals surface area (Å²) in [5.41, 5.74) is 10.4. The molecule has 20 heavy (non-hydrogen) atoms. The first-order valence-corrected chi connectivity index (χ1v) is 8.21. The van der Waals surface area contributed by atoms with E-state index in [0.29, 0.717) is 5.41 Å². The van der Waals surface area contributed by atoms with Crippen LogP contribution in [-0.2, 0) is 11.8 Å². The average molecular weight is 270 g/mol. The first-order valence-electron chi connectivity index (χ1n) is 8.21. The number of hydrogen-bond acceptors (Lipinski definition) is 2. The monoisotopic (exact) mass is 270 g/mol. The fraction of sp³-hybridized carbons (Fsp3) is 0.667. The highest BCUT2D eigenvalue weighted by Crippen LogP contribution is 2.49. The van der Waals surface area contributed by atoms with Gasteiger partial charge >= 0.3 is 0 Å². The van der Waals surface area contributed by atoms with E-state index in [9.17, 15) is 0 Å². The maximum Gasteiger partial charge on any atom is 0.0317 e. The fourth-order valence-electron chi connectivity index (χ4n) is 4.58. The number of hydrogen-bond donors (Lipinski definition) is 1. The van der Waals surface area contributed by atoms with Crippen molar-refractivity contribution in [3.63, 3.8) is 0 Å². The number of nitrogen functional groups attached to an aromatic ring is 1. The molecule has 108 valence electrons. The topological polar surface area (TPSA) is 29.3 Å². The second-order valence-electron chi connectivity index (χ2n) is 7.58. The SMILES string of the molecule is C[C@@H]1[C@@H]2Cc3ccc(N)cc3[C@]1(C)CCN2CC1CC1. The summed E-state index contributed by atoms with van der Waals surface area (Å²) in [5, 5.41) is 0. The van der Waals surface area contributed by atoms with Gasteiger partial charge in [-0.3, -0.25) is 4.90 Å². The first-order chi connectivity index (χ1) is 9.58. The minimum Gasteiger partial charge on any atom is -0.399 e. The number of anilines is 1. The lowest BCUT2D eigenvalue weighted by atomic mass is 9.59. The third-order valence-corrected chi connectivity index (χ3v) is 6.34. The summed E-state index contributed by atoms with van der Waals surface area (Å²) in [6.45, 7) is 7.55. The Labute approximate surface area is 122 Å². The molecule has 2 heteroatoms. The molecule has 1 saturated heterocycles. The van der Waals surface area contributed by atoms with Crippen molar-refractivity contribution in [3.05, 3.63) is 29.3 Å². The molecule has 2 fully saturated rings. The zero-order valence-electron chi connectivity index (χ0n) is 12.7. The third-order valence-electron chi connectivity index (χ3n) is 6.34. The molecule has 0 radical (unpaired) electrons. The normalized spacial score (nSPS) is 36.7. The summed E-state index contributed by atoms with van der Waals surface area (Å²) < 4.78 is 0. The number of nitrogens with zero attached hydrogens (tertiary/aromatic N) is 1. The summed E-state index contributed by atoms with van der Waals surface area (Å²) in [4.78, 5) is 2.80. The Bertz CT molecular complexity index is 534. The van der Waals surface area contributed by atoms with E-state index in [1.165, 1.54) is 44.3 Å². The molecule has 3 aliphatic rings. The molecule has 1 heterocycles. The zero-order chi connectivity index (χ0) is 13.9. The van der Waals surface area contributed by atoms with Gasteiger partial charge in [-0.2, -0.15) is 0 Å². The van der Waals surface area contributed by atoms with E-state index in [0.717, 1.165) is 23.6 Å². The van der Waals surface area contributed by atoms with E-state index in [1.807, 2.05) is 0 Å². The number of nitrogens with two attached hydrogens (primary N) is 1. The molecule has 0 aromatic heterocycles. The Morgan fingerprint density at radius 1 is 1.35 bits per heavy atom. The Hall–Kier alpha value is -1.02. The lowest BCUT2D eigenvalue weighted by molar-refractivity contribution is 0.0284. The van der Waals surface area contributed by atoms with Gasteiger partial charge in [0.2, 0.25) is 0 Å². The molecule has 2 bridgehead atoms. The molecule has 0 amide bonds. The Kier molecular flexibility index (Phi) is 2.69. The van der Waals surface area contributed by atoms with Crippen LogP contribution in [0.5, 0.6) is 0 Å². The van der Waals surface area contributed by atoms with Gasteiger partial charge in [-0.05, 0) is 72.7 Å². The average Bonchev–Trinajstić information content (AvgIpc) is 3.22. The van der Waals surface area contributed by atoms with Crippen LogP contribution in [0.2, 0.25) is 0 Å². The van der Waals surface area contributed by atoms with E-state index in [2.05, 4.69) is 36.9 Å². The second-order valence-corrected chi connectivity index (χ2v) is 7.58. The predicted octanol–water partition coefficient (Wildman–Crippen LogP) is 3.20. The fourth-order valence-corrected chi connectivity index (χ4v) is 4.58. The van der Waals surface area contributed by atoms with Gasteiger partial charge in [-0.1, -0.05) is 19.9 Å². The van der Waals surface area contributed by atoms with Crippen LogP contribution in [0.25, 0.3) is 0 Å². The highest BCUT2D eigenvalue weighted by atomic mass is 15.2. The van der Waals surface area contributed by atoms with Crippen molar-refractivity contribution in [2.75, 3.05) is 18.8 Å². The Morgan fingerprint density at radius 2 is 2.15 bits per heavy atom. The Morgan fingerprint density at radius 3 is 2.90 bits per heavy atom. The third kappa shape index (κ3) is 1.81. The number of fused-ring (bicyclic) bond motifs is 4. The minimum absolute atomic E-state index is 0.327. The maximum atomic E-state index is 6.05. The summed E-state index contributed by atoms with van der Waals surface area (Å²) in [6, 6.07) is 7.35. The van der Waals surface area contributed by atoms with E-state index in [1.54, 1.807) is 5.56 Å². The molecule has 2 N–H and O–H groups in total. The molecule has 2 aliphatic carbocycles. The van der Waals surface area contributed by atoms with Gasteiger partial charge in [-0.25, -0.2) is 0 Å². The van der Waals surface area contributed by atoms with Crippen LogP contribution in [0, 0.1) is 11.8 Å². The Balaban J connectivity index is 1.71. The second kappa shape index (κ2) is 4.24. The number of piperidine rings is 1. The van der Waals surface area contributed by atoms with Crippen LogP contribution >= 0.6 is 0 Å². The number of benzene rings is 1. The summed E-state index contributed by atoms with van der Waals surface area (Å²) in [6.07, 6.45) is 5.43. The van der Waals surface area contributed by atoms with Gasteiger partial charge in [0.25, 0.3) is 0 Å². The van der Waals surface area contributed by atoms with Crippen LogP contribution in [0.15, 0.2) is 18.2 Å². The van der Waals surface area contributed by atoms with Gasteiger partial charge in [0.15, 0.2) is 0 Å². The summed E-state index contributed by atoms with van der Waals surface area (Å²) in [5.74, 6) is 1.74. The van der Waals surface area contributed by atoms with Crippen molar-refractivity contribution in [1.29, 1.82) is 0 Å². The van der Waals surface area contributed by atoms with Crippen molar-refractivity contribution in [2.45, 2.75) is 51.0 Å². The van der Waals surface area contributed by atoms with E-state index in [4.69, 9.17) is 5.73 Å². The molecule has 1 saturated carbocycles. The summed E-state index contributed by atoms with van der Waals surface area (Å²) in [7, 11) is 0. The van der Waals surface area contributed by atoms with Gasteiger partial charge in [0.1, 0.15) is 0 Å². The molecule has 1 aromatic rings. The largest absolute Gasteiger partial charge is 0.399 e. The van der Waals surface area contributed by atoms with Crippen molar-refractivity contribution < 1.29 is 0 Å². The minimum atomic E-state index is 0.327. The first kappa shape index (κ1) is 12.7. The molecule has 1 aromatic carbocycles. The van der Waals surface area contributed by atoms with Crippen LogP contribution in [0.3, 0.4) is 0 Å². The highest BCUT2D eigenvalue weighted by molar-refractivity contribution is 5.50. The van der Waals surface area contributed by atoms with Gasteiger partial charge in [0.05, 0.1) is 0 Å². The smallest absolute Gasteiger partial charge is 0.0317 e. The molecular formula is C18H26N2. The van der Waals surface area contributed by atoms with Gasteiger partial charge in [0, 0.05) is 18.3 Å². The molecule has 3 atom stereocenters. The highest BCUT2D eigenvalue weighted by Gasteiger charge is 2.48. The molecule has 1 aliphatic heterocycles. The molecule has 4 rings (SSSR count). The van der Waals surface area contributed by atoms with Crippen LogP contribution < -0.4 is 5.73 Å². The van der Waals surface area contributed by atoms with E-state index >= 15 is 0 Å².